The van der Waals surface area contributed by atoms with Crippen LogP contribution in [0.5, 0.6) is 0 Å². The molecule has 0 amide bonds. The second-order valence-corrected chi connectivity index (χ2v) is 3.92. The Morgan fingerprint density at radius 2 is 1.88 bits per heavy atom. The second-order valence-electron chi connectivity index (χ2n) is 3.92. The number of aromatic nitrogens is 1. The highest BCUT2D eigenvalue weighted by Gasteiger charge is 2.07. The van der Waals surface area contributed by atoms with Crippen molar-refractivity contribution in [2.45, 2.75) is 13.5 Å². The number of nitrogens with zero attached hydrogens (tertiary/aromatic N) is 1. The summed E-state index contributed by atoms with van der Waals surface area (Å²) in [5.74, 6) is 0. The fraction of sp³-hybridized carbons (Fsp3) is 0.133. The van der Waals surface area contributed by atoms with Crippen molar-refractivity contribution in [1.82, 2.24) is 0 Å². The first-order valence-electron chi connectivity index (χ1n) is 5.46. The van der Waals surface area contributed by atoms with Gasteiger partial charge in [0.2, 0.25) is 0 Å². The maximum absolute atomic E-state index is 3.80. The number of rotatable bonds is 3. The van der Waals surface area contributed by atoms with Crippen molar-refractivity contribution < 1.29 is 4.57 Å². The molecule has 0 aliphatic carbocycles. The highest BCUT2D eigenvalue weighted by atomic mass is 14.9. The third kappa shape index (κ3) is 2.37. The molecule has 1 nitrogen and oxygen atoms in total. The highest BCUT2D eigenvalue weighted by molar-refractivity contribution is 5.43. The Morgan fingerprint density at radius 3 is 2.56 bits per heavy atom. The lowest BCUT2D eigenvalue weighted by molar-refractivity contribution is -0.694. The molecule has 2 rings (SSSR count). The van der Waals surface area contributed by atoms with Crippen LogP contribution in [0.1, 0.15) is 16.8 Å². The summed E-state index contributed by atoms with van der Waals surface area (Å²) in [6.07, 6.45) is 4.01. The maximum atomic E-state index is 3.80. The van der Waals surface area contributed by atoms with Gasteiger partial charge in [-0.1, -0.05) is 43.0 Å². The zero-order valence-electron chi connectivity index (χ0n) is 9.56. The van der Waals surface area contributed by atoms with E-state index in [0.717, 1.165) is 12.1 Å². The van der Waals surface area contributed by atoms with Crippen LogP contribution >= 0.6 is 0 Å². The van der Waals surface area contributed by atoms with Gasteiger partial charge in [0.05, 0.1) is 0 Å². The van der Waals surface area contributed by atoms with Gasteiger partial charge in [-0.25, -0.2) is 0 Å². The van der Waals surface area contributed by atoms with Gasteiger partial charge in [-0.15, -0.1) is 0 Å². The van der Waals surface area contributed by atoms with E-state index in [1.165, 1.54) is 11.3 Å². The standard InChI is InChI=1S/C15H16N/c1-3-14-10-9-13(2)16(11-14)12-15-7-5-4-6-8-15/h3-11H,1,12H2,2H3/q+1. The van der Waals surface area contributed by atoms with Gasteiger partial charge in [-0.3, -0.25) is 0 Å². The SMILES string of the molecule is C=Cc1ccc(C)[n+](Cc2ccccc2)c1. The fourth-order valence-electron chi connectivity index (χ4n) is 1.71. The Kier molecular flexibility index (Phi) is 3.16. The molecule has 0 aliphatic heterocycles. The van der Waals surface area contributed by atoms with Crippen molar-refractivity contribution in [3.63, 3.8) is 0 Å². The lowest BCUT2D eigenvalue weighted by Crippen LogP contribution is -2.37. The van der Waals surface area contributed by atoms with E-state index >= 15 is 0 Å². The van der Waals surface area contributed by atoms with Crippen LogP contribution in [0.15, 0.2) is 55.2 Å². The Morgan fingerprint density at radius 1 is 1.12 bits per heavy atom. The van der Waals surface area contributed by atoms with Gasteiger partial charge < -0.3 is 0 Å². The Balaban J connectivity index is 2.30. The van der Waals surface area contributed by atoms with Crippen LogP contribution in [0.25, 0.3) is 6.08 Å². The quantitative estimate of drug-likeness (QED) is 0.686. The van der Waals surface area contributed by atoms with Crippen LogP contribution < -0.4 is 4.57 Å². The third-order valence-corrected chi connectivity index (χ3v) is 2.71. The first-order valence-corrected chi connectivity index (χ1v) is 5.46. The highest BCUT2D eigenvalue weighted by Crippen LogP contribution is 2.02. The molecule has 0 saturated heterocycles. The summed E-state index contributed by atoms with van der Waals surface area (Å²) < 4.78 is 2.24. The normalized spacial score (nSPS) is 10.1. The fourth-order valence-corrected chi connectivity index (χ4v) is 1.71. The minimum atomic E-state index is 0.911. The molecule has 0 saturated carbocycles. The Labute approximate surface area is 96.7 Å². The number of aryl methyl sites for hydroxylation is 1. The molecule has 1 heterocycles. The summed E-state index contributed by atoms with van der Waals surface area (Å²) in [5.41, 5.74) is 3.73. The zero-order valence-corrected chi connectivity index (χ0v) is 9.56. The van der Waals surface area contributed by atoms with Gasteiger partial charge in [0.1, 0.15) is 0 Å². The lowest BCUT2D eigenvalue weighted by atomic mass is 10.2. The minimum Gasteiger partial charge on any atom is -0.198 e. The summed E-state index contributed by atoms with van der Waals surface area (Å²) in [4.78, 5) is 0. The van der Waals surface area contributed by atoms with Crippen molar-refractivity contribution in [1.29, 1.82) is 0 Å². The van der Waals surface area contributed by atoms with Crippen molar-refractivity contribution in [2.75, 3.05) is 0 Å². The Hall–Kier alpha value is -1.89. The molecular weight excluding hydrogens is 194 g/mol. The lowest BCUT2D eigenvalue weighted by Gasteiger charge is -2.01. The molecule has 2 aromatic rings. The monoisotopic (exact) mass is 210 g/mol. The van der Waals surface area contributed by atoms with Crippen molar-refractivity contribution in [3.8, 4) is 0 Å². The molecule has 0 atom stereocenters. The van der Waals surface area contributed by atoms with E-state index in [1.54, 1.807) is 0 Å². The summed E-state index contributed by atoms with van der Waals surface area (Å²) in [6.45, 7) is 6.83. The van der Waals surface area contributed by atoms with Crippen molar-refractivity contribution >= 4 is 6.08 Å². The van der Waals surface area contributed by atoms with Crippen molar-refractivity contribution in [3.05, 3.63) is 72.1 Å². The maximum Gasteiger partial charge on any atom is 0.178 e. The zero-order chi connectivity index (χ0) is 11.4. The third-order valence-electron chi connectivity index (χ3n) is 2.71. The van der Waals surface area contributed by atoms with E-state index in [1.807, 2.05) is 12.1 Å². The van der Waals surface area contributed by atoms with E-state index in [2.05, 4.69) is 60.7 Å². The van der Waals surface area contributed by atoms with Gasteiger partial charge in [0.15, 0.2) is 18.4 Å². The van der Waals surface area contributed by atoms with E-state index in [4.69, 9.17) is 0 Å². The predicted octanol–water partition coefficient (Wildman–Crippen LogP) is 2.97. The average Bonchev–Trinajstić information content (AvgIpc) is 2.33. The van der Waals surface area contributed by atoms with Gasteiger partial charge in [0, 0.05) is 24.1 Å². The summed E-state index contributed by atoms with van der Waals surface area (Å²) >= 11 is 0. The molecule has 0 bridgehead atoms. The average molecular weight is 210 g/mol. The van der Waals surface area contributed by atoms with Crippen LogP contribution in [0, 0.1) is 6.92 Å². The number of benzene rings is 1. The van der Waals surface area contributed by atoms with Gasteiger partial charge >= 0.3 is 0 Å². The summed E-state index contributed by atoms with van der Waals surface area (Å²) in [7, 11) is 0. The van der Waals surface area contributed by atoms with E-state index in [-0.39, 0.29) is 0 Å². The topological polar surface area (TPSA) is 3.88 Å². The van der Waals surface area contributed by atoms with Crippen LogP contribution in [-0.2, 0) is 6.54 Å². The van der Waals surface area contributed by atoms with E-state index in [9.17, 15) is 0 Å². The van der Waals surface area contributed by atoms with Gasteiger partial charge in [-0.2, -0.15) is 4.57 Å². The summed E-state index contributed by atoms with van der Waals surface area (Å²) in [5, 5.41) is 0. The molecule has 0 unspecified atom stereocenters. The number of pyridine rings is 1. The molecule has 0 fully saturated rings. The van der Waals surface area contributed by atoms with Crippen LogP contribution in [-0.4, -0.2) is 0 Å². The predicted molar refractivity (Wildman–Crippen MR) is 67.0 cm³/mol. The first kappa shape index (κ1) is 10.6. The van der Waals surface area contributed by atoms with Crippen LogP contribution in [0.3, 0.4) is 0 Å². The van der Waals surface area contributed by atoms with Crippen molar-refractivity contribution in [2.24, 2.45) is 0 Å². The molecule has 0 spiro atoms. The van der Waals surface area contributed by atoms with Crippen LogP contribution in [0.4, 0.5) is 0 Å². The number of hydrogen-bond acceptors (Lipinski definition) is 0. The molecule has 16 heavy (non-hydrogen) atoms. The number of hydrogen-bond donors (Lipinski definition) is 0. The largest absolute Gasteiger partial charge is 0.198 e. The first-order chi connectivity index (χ1) is 7.79. The second kappa shape index (κ2) is 4.75. The molecule has 80 valence electrons. The minimum absolute atomic E-state index is 0.911. The summed E-state index contributed by atoms with van der Waals surface area (Å²) in [6, 6.07) is 14.7. The van der Waals surface area contributed by atoms with Gasteiger partial charge in [-0.05, 0) is 6.07 Å². The molecule has 0 aliphatic rings. The molecule has 0 radical (unpaired) electrons. The Bertz CT molecular complexity index is 486. The van der Waals surface area contributed by atoms with Crippen LogP contribution in [0.2, 0.25) is 0 Å². The van der Waals surface area contributed by atoms with E-state index in [0.29, 0.717) is 0 Å². The molecule has 1 aromatic heterocycles. The molecular formula is C15H16N+. The molecule has 0 N–H and O–H groups in total. The molecule has 1 heteroatoms. The van der Waals surface area contributed by atoms with Gasteiger partial charge in [0.25, 0.3) is 0 Å². The smallest absolute Gasteiger partial charge is 0.178 e. The van der Waals surface area contributed by atoms with E-state index < -0.39 is 0 Å². The molecule has 1 aromatic carbocycles.